The lowest BCUT2D eigenvalue weighted by Gasteiger charge is -2.27. The van der Waals surface area contributed by atoms with Gasteiger partial charge in [0.1, 0.15) is 17.3 Å². The van der Waals surface area contributed by atoms with E-state index in [4.69, 9.17) is 9.47 Å². The number of benzene rings is 2. The Morgan fingerprint density at radius 1 is 1.06 bits per heavy atom. The number of aliphatic hydroxyl groups excluding tert-OH is 1. The quantitative estimate of drug-likeness (QED) is 0.399. The fourth-order valence-corrected chi connectivity index (χ4v) is 3.81. The van der Waals surface area contributed by atoms with Gasteiger partial charge in [-0.3, -0.25) is 9.59 Å². The van der Waals surface area contributed by atoms with Crippen molar-refractivity contribution in [3.8, 4) is 11.5 Å². The first-order chi connectivity index (χ1) is 14.9. The van der Waals surface area contributed by atoms with Crippen molar-refractivity contribution in [1.29, 1.82) is 0 Å². The molecule has 7 nitrogen and oxygen atoms in total. The summed E-state index contributed by atoms with van der Waals surface area (Å²) in [7, 11) is 6.97. The van der Waals surface area contributed by atoms with Crippen molar-refractivity contribution < 1.29 is 24.2 Å². The second kappa shape index (κ2) is 9.66. The van der Waals surface area contributed by atoms with Crippen LogP contribution in [0.4, 0.5) is 0 Å². The molecular formula is C24H28N2O5. The number of hydrogen-bond acceptors (Lipinski definition) is 6. The van der Waals surface area contributed by atoms with Crippen LogP contribution < -0.4 is 9.47 Å². The molecule has 31 heavy (non-hydrogen) atoms. The van der Waals surface area contributed by atoms with Crippen molar-refractivity contribution in [3.63, 3.8) is 0 Å². The zero-order chi connectivity index (χ0) is 22.5. The van der Waals surface area contributed by atoms with Gasteiger partial charge in [0.2, 0.25) is 0 Å². The van der Waals surface area contributed by atoms with Gasteiger partial charge >= 0.3 is 0 Å². The van der Waals surface area contributed by atoms with E-state index >= 15 is 0 Å². The first kappa shape index (κ1) is 22.4. The van der Waals surface area contributed by atoms with Gasteiger partial charge in [-0.05, 0) is 45.3 Å². The maximum atomic E-state index is 13.1. The lowest BCUT2D eigenvalue weighted by atomic mass is 9.94. The number of ether oxygens (including phenoxy) is 2. The molecule has 1 saturated heterocycles. The molecule has 1 heterocycles. The van der Waals surface area contributed by atoms with E-state index in [1.54, 1.807) is 37.4 Å². The maximum absolute atomic E-state index is 13.1. The Hall–Kier alpha value is -3.32. The summed E-state index contributed by atoms with van der Waals surface area (Å²) in [5.74, 6) is -0.481. The van der Waals surface area contributed by atoms with Crippen molar-refractivity contribution >= 4 is 17.4 Å². The van der Waals surface area contributed by atoms with Gasteiger partial charge in [-0.25, -0.2) is 0 Å². The summed E-state index contributed by atoms with van der Waals surface area (Å²) in [5, 5.41) is 11.1. The number of para-hydroxylation sites is 1. The Kier molecular flexibility index (Phi) is 6.97. The summed E-state index contributed by atoms with van der Waals surface area (Å²) in [5.41, 5.74) is 1.11. The second-order valence-electron chi connectivity index (χ2n) is 7.62. The van der Waals surface area contributed by atoms with Crippen molar-refractivity contribution in [2.75, 3.05) is 41.4 Å². The monoisotopic (exact) mass is 424 g/mol. The number of likely N-dealkylation sites (tertiary alicyclic amines) is 1. The normalized spacial score (nSPS) is 18.0. The van der Waals surface area contributed by atoms with Crippen LogP contribution >= 0.6 is 0 Å². The third-order valence-corrected chi connectivity index (χ3v) is 5.32. The van der Waals surface area contributed by atoms with E-state index in [-0.39, 0.29) is 11.3 Å². The van der Waals surface area contributed by atoms with Crippen LogP contribution in [0.15, 0.2) is 54.1 Å². The van der Waals surface area contributed by atoms with E-state index in [9.17, 15) is 14.7 Å². The van der Waals surface area contributed by atoms with Crippen molar-refractivity contribution in [2.24, 2.45) is 0 Å². The summed E-state index contributed by atoms with van der Waals surface area (Å²) >= 11 is 0. The average Bonchev–Trinajstić information content (AvgIpc) is 3.03. The smallest absolute Gasteiger partial charge is 0.295 e. The van der Waals surface area contributed by atoms with Crippen LogP contribution in [0.5, 0.6) is 11.5 Å². The van der Waals surface area contributed by atoms with E-state index in [0.717, 1.165) is 6.54 Å². The van der Waals surface area contributed by atoms with E-state index in [1.807, 2.05) is 37.2 Å². The molecule has 0 unspecified atom stereocenters. The number of nitrogens with zero attached hydrogens (tertiary/aromatic N) is 2. The second-order valence-corrected chi connectivity index (χ2v) is 7.62. The molecule has 0 spiro atoms. The first-order valence-corrected chi connectivity index (χ1v) is 10.1. The van der Waals surface area contributed by atoms with Crippen LogP contribution in [0, 0.1) is 0 Å². The summed E-state index contributed by atoms with van der Waals surface area (Å²) in [6, 6.07) is 13.3. The molecule has 3 rings (SSSR count). The van der Waals surface area contributed by atoms with Gasteiger partial charge in [0.15, 0.2) is 0 Å². The number of Topliss-reactive ketones (excluding diaryl/α,β-unsaturated/α-hetero) is 1. The summed E-state index contributed by atoms with van der Waals surface area (Å²) in [6.07, 6.45) is 0.685. The minimum atomic E-state index is -0.746. The number of ketones is 1. The predicted molar refractivity (Wildman–Crippen MR) is 118 cm³/mol. The molecule has 1 N–H and O–H groups in total. The van der Waals surface area contributed by atoms with Gasteiger partial charge < -0.3 is 24.4 Å². The number of carbonyl (C=O) groups is 2. The van der Waals surface area contributed by atoms with Crippen LogP contribution in [0.25, 0.3) is 5.76 Å². The third kappa shape index (κ3) is 4.56. The average molecular weight is 424 g/mol. The number of aliphatic hydroxyl groups is 1. The molecule has 0 radical (unpaired) electrons. The topological polar surface area (TPSA) is 79.3 Å². The van der Waals surface area contributed by atoms with Crippen LogP contribution in [0.2, 0.25) is 0 Å². The number of amides is 1. The molecule has 2 aromatic rings. The van der Waals surface area contributed by atoms with Crippen molar-refractivity contribution in [3.05, 3.63) is 65.2 Å². The Morgan fingerprint density at radius 3 is 2.48 bits per heavy atom. The SMILES string of the molecule is COc1cccc(C(O)=C2C(=O)C(=O)N(CCCN(C)C)[C@H]2c2ccccc2OC)c1. The summed E-state index contributed by atoms with van der Waals surface area (Å²) in [4.78, 5) is 29.6. The highest BCUT2D eigenvalue weighted by Gasteiger charge is 2.46. The third-order valence-electron chi connectivity index (χ3n) is 5.32. The zero-order valence-corrected chi connectivity index (χ0v) is 18.3. The lowest BCUT2D eigenvalue weighted by molar-refractivity contribution is -0.140. The van der Waals surface area contributed by atoms with E-state index < -0.39 is 17.7 Å². The number of carbonyl (C=O) groups excluding carboxylic acids is 2. The van der Waals surface area contributed by atoms with E-state index in [1.165, 1.54) is 12.0 Å². The van der Waals surface area contributed by atoms with Crippen molar-refractivity contribution in [2.45, 2.75) is 12.5 Å². The van der Waals surface area contributed by atoms with Crippen molar-refractivity contribution in [1.82, 2.24) is 9.80 Å². The van der Waals surface area contributed by atoms with Crippen LogP contribution in [0.1, 0.15) is 23.6 Å². The molecule has 1 atom stereocenters. The predicted octanol–water partition coefficient (Wildman–Crippen LogP) is 3.08. The van der Waals surface area contributed by atoms with Gasteiger partial charge in [-0.1, -0.05) is 30.3 Å². The van der Waals surface area contributed by atoms with Gasteiger partial charge in [-0.15, -0.1) is 0 Å². The summed E-state index contributed by atoms with van der Waals surface area (Å²) in [6.45, 7) is 1.14. The molecule has 0 aliphatic carbocycles. The van der Waals surface area contributed by atoms with E-state index in [0.29, 0.717) is 35.6 Å². The first-order valence-electron chi connectivity index (χ1n) is 10.1. The van der Waals surface area contributed by atoms with E-state index in [2.05, 4.69) is 0 Å². The molecule has 7 heteroatoms. The van der Waals surface area contributed by atoms with Crippen LogP contribution in [-0.2, 0) is 9.59 Å². The maximum Gasteiger partial charge on any atom is 0.295 e. The molecule has 0 bridgehead atoms. The molecule has 1 aliphatic heterocycles. The zero-order valence-electron chi connectivity index (χ0n) is 18.3. The highest BCUT2D eigenvalue weighted by molar-refractivity contribution is 6.46. The van der Waals surface area contributed by atoms with Gasteiger partial charge in [0.05, 0.1) is 25.8 Å². The molecular weight excluding hydrogens is 396 g/mol. The lowest BCUT2D eigenvalue weighted by Crippen LogP contribution is -2.32. The number of rotatable bonds is 8. The van der Waals surface area contributed by atoms with Gasteiger partial charge in [-0.2, -0.15) is 0 Å². The number of hydrogen-bond donors (Lipinski definition) is 1. The fourth-order valence-electron chi connectivity index (χ4n) is 3.81. The Balaban J connectivity index is 2.15. The molecule has 1 amide bonds. The number of methoxy groups -OCH3 is 2. The largest absolute Gasteiger partial charge is 0.507 e. The van der Waals surface area contributed by atoms with Gasteiger partial charge in [0, 0.05) is 17.7 Å². The minimum Gasteiger partial charge on any atom is -0.507 e. The van der Waals surface area contributed by atoms with Gasteiger partial charge in [0.25, 0.3) is 11.7 Å². The van der Waals surface area contributed by atoms with Crippen LogP contribution in [0.3, 0.4) is 0 Å². The highest BCUT2D eigenvalue weighted by atomic mass is 16.5. The standard InChI is InChI=1S/C24H28N2O5/c1-25(2)13-8-14-26-21(18-11-5-6-12-19(18)31-4)20(23(28)24(26)29)22(27)16-9-7-10-17(15-16)30-3/h5-7,9-12,15,21,27H,8,13-14H2,1-4H3/t21-/m0/s1. The molecule has 0 saturated carbocycles. The summed E-state index contributed by atoms with van der Waals surface area (Å²) < 4.78 is 10.7. The molecule has 0 aromatic heterocycles. The fraction of sp³-hybridized carbons (Fsp3) is 0.333. The Morgan fingerprint density at radius 2 is 1.81 bits per heavy atom. The van der Waals surface area contributed by atoms with Crippen LogP contribution in [-0.4, -0.2) is 68.0 Å². The Bertz CT molecular complexity index is 999. The molecule has 1 fully saturated rings. The highest BCUT2D eigenvalue weighted by Crippen LogP contribution is 2.42. The molecule has 164 valence electrons. The molecule has 1 aliphatic rings. The molecule has 2 aromatic carbocycles. The minimum absolute atomic E-state index is 0.0487. The Labute approximate surface area is 182 Å².